The second-order valence-corrected chi connectivity index (χ2v) is 5.57. The molecule has 0 aliphatic carbocycles. The van der Waals surface area contributed by atoms with Crippen LogP contribution in [0.5, 0.6) is 0 Å². The fraction of sp³-hybridized carbons (Fsp3) is 0.353. The summed E-state index contributed by atoms with van der Waals surface area (Å²) in [6.45, 7) is -0.0480. The Morgan fingerprint density at radius 1 is 1.22 bits per heavy atom. The third-order valence-corrected chi connectivity index (χ3v) is 4.29. The maximum absolute atomic E-state index is 13.0. The molecule has 3 nitrogen and oxygen atoms in total. The third-order valence-electron chi connectivity index (χ3n) is 4.29. The minimum atomic E-state index is -4.44. The average molecular weight is 323 g/mol. The van der Waals surface area contributed by atoms with Gasteiger partial charge in [0.15, 0.2) is 0 Å². The lowest BCUT2D eigenvalue weighted by Gasteiger charge is -2.33. The van der Waals surface area contributed by atoms with Gasteiger partial charge < -0.3 is 9.84 Å². The van der Waals surface area contributed by atoms with Crippen LogP contribution in [-0.4, -0.2) is 23.3 Å². The van der Waals surface area contributed by atoms with Crippen molar-refractivity contribution in [2.24, 2.45) is 0 Å². The van der Waals surface area contributed by atoms with Crippen LogP contribution in [0, 0.1) is 0 Å². The minimum Gasteiger partial charge on any atom is -0.393 e. The van der Waals surface area contributed by atoms with Gasteiger partial charge in [-0.25, -0.2) is 0 Å². The molecule has 122 valence electrons. The Kier molecular flexibility index (Phi) is 4.12. The van der Waals surface area contributed by atoms with Crippen molar-refractivity contribution in [1.29, 1.82) is 0 Å². The molecule has 1 saturated heterocycles. The van der Waals surface area contributed by atoms with Crippen LogP contribution in [-0.2, 0) is 16.5 Å². The number of alkyl halides is 3. The van der Waals surface area contributed by atoms with Crippen LogP contribution < -0.4 is 0 Å². The van der Waals surface area contributed by atoms with Gasteiger partial charge in [-0.05, 0) is 36.2 Å². The van der Waals surface area contributed by atoms with E-state index in [0.717, 1.165) is 12.1 Å². The molecule has 1 N–H and O–H groups in total. The smallest absolute Gasteiger partial charge is 0.393 e. The predicted octanol–water partition coefficient (Wildman–Crippen LogP) is 3.49. The molecule has 3 rings (SSSR count). The molecule has 2 aromatic rings. The molecule has 2 heterocycles. The molecule has 6 heteroatoms. The Labute approximate surface area is 131 Å². The van der Waals surface area contributed by atoms with E-state index < -0.39 is 23.9 Å². The molecular formula is C17H16F3NO2. The number of rotatable bonds is 3. The molecule has 1 fully saturated rings. The Hall–Kier alpha value is -1.92. The highest BCUT2D eigenvalue weighted by Gasteiger charge is 2.47. The van der Waals surface area contributed by atoms with E-state index in [2.05, 4.69) is 4.98 Å². The highest BCUT2D eigenvalue weighted by molar-refractivity contribution is 5.35. The molecular weight excluding hydrogens is 307 g/mol. The van der Waals surface area contributed by atoms with Crippen molar-refractivity contribution in [3.8, 4) is 0 Å². The predicted molar refractivity (Wildman–Crippen MR) is 77.8 cm³/mol. The van der Waals surface area contributed by atoms with Crippen molar-refractivity contribution in [3.05, 3.63) is 65.5 Å². The molecule has 0 spiro atoms. The zero-order chi connectivity index (χ0) is 16.5. The number of pyridine rings is 1. The van der Waals surface area contributed by atoms with Gasteiger partial charge in [-0.15, -0.1) is 0 Å². The fourth-order valence-corrected chi connectivity index (χ4v) is 3.15. The largest absolute Gasteiger partial charge is 0.416 e. The summed E-state index contributed by atoms with van der Waals surface area (Å²) in [5, 5.41) is 9.96. The number of benzene rings is 1. The van der Waals surface area contributed by atoms with Gasteiger partial charge in [0.1, 0.15) is 5.60 Å². The first-order chi connectivity index (χ1) is 11.0. The summed E-state index contributed by atoms with van der Waals surface area (Å²) in [7, 11) is 0. The van der Waals surface area contributed by atoms with Gasteiger partial charge in [0.25, 0.3) is 0 Å². The first-order valence-corrected chi connectivity index (χ1v) is 7.31. The van der Waals surface area contributed by atoms with E-state index in [-0.39, 0.29) is 5.92 Å². The number of hydrogen-bond acceptors (Lipinski definition) is 3. The van der Waals surface area contributed by atoms with Gasteiger partial charge in [-0.1, -0.05) is 18.2 Å². The van der Waals surface area contributed by atoms with Crippen LogP contribution in [0.25, 0.3) is 0 Å². The Morgan fingerprint density at radius 3 is 2.70 bits per heavy atom. The van der Waals surface area contributed by atoms with Crippen molar-refractivity contribution in [2.75, 3.05) is 13.2 Å². The summed E-state index contributed by atoms with van der Waals surface area (Å²) < 4.78 is 44.7. The number of ether oxygens (including phenoxy) is 1. The normalized spacial score (nSPS) is 24.8. The number of aliphatic hydroxyl groups excluding tert-OH is 1. The van der Waals surface area contributed by atoms with E-state index in [4.69, 9.17) is 4.74 Å². The van der Waals surface area contributed by atoms with Crippen LogP contribution in [0.4, 0.5) is 13.2 Å². The Balaban J connectivity index is 2.07. The number of halogens is 3. The lowest BCUT2D eigenvalue weighted by Crippen LogP contribution is -2.36. The summed E-state index contributed by atoms with van der Waals surface area (Å²) in [5.74, 6) is -0.294. The minimum absolute atomic E-state index is 0.294. The first-order valence-electron chi connectivity index (χ1n) is 7.31. The summed E-state index contributed by atoms with van der Waals surface area (Å²) in [6.07, 6.45) is -2.22. The van der Waals surface area contributed by atoms with Crippen molar-refractivity contribution in [2.45, 2.75) is 24.1 Å². The molecule has 0 radical (unpaired) electrons. The van der Waals surface area contributed by atoms with Crippen molar-refractivity contribution < 1.29 is 23.0 Å². The lowest BCUT2D eigenvalue weighted by molar-refractivity contribution is -0.137. The lowest BCUT2D eigenvalue weighted by atomic mass is 9.79. The van der Waals surface area contributed by atoms with Gasteiger partial charge in [-0.2, -0.15) is 13.2 Å². The van der Waals surface area contributed by atoms with Crippen LogP contribution in [0.2, 0.25) is 0 Å². The number of hydrogen-bond donors (Lipinski definition) is 1. The number of nitrogens with zero attached hydrogens (tertiary/aromatic N) is 1. The van der Waals surface area contributed by atoms with E-state index in [1.54, 1.807) is 24.4 Å². The van der Waals surface area contributed by atoms with Gasteiger partial charge in [0.2, 0.25) is 0 Å². The monoisotopic (exact) mass is 323 g/mol. The van der Waals surface area contributed by atoms with Crippen LogP contribution >= 0.6 is 0 Å². The van der Waals surface area contributed by atoms with Crippen LogP contribution in [0.15, 0.2) is 48.7 Å². The number of aliphatic hydroxyl groups is 1. The summed E-state index contributed by atoms with van der Waals surface area (Å²) in [4.78, 5) is 4.29. The molecule has 0 amide bonds. The molecule has 23 heavy (non-hydrogen) atoms. The molecule has 0 bridgehead atoms. The van der Waals surface area contributed by atoms with Gasteiger partial charge >= 0.3 is 6.18 Å². The Morgan fingerprint density at radius 2 is 2.04 bits per heavy atom. The van der Waals surface area contributed by atoms with Crippen molar-refractivity contribution in [3.63, 3.8) is 0 Å². The number of aromatic nitrogens is 1. The molecule has 2 unspecified atom stereocenters. The standard InChI is InChI=1S/C17H16F3NO2/c18-17(19,20)13-5-3-4-12(10-13)16(11-22)14(7-9-23-16)15-6-1-2-8-21-15/h1-6,8,10,14,22H,7,9,11H2. The second-order valence-electron chi connectivity index (χ2n) is 5.57. The van der Waals surface area contributed by atoms with Gasteiger partial charge in [0, 0.05) is 24.4 Å². The topological polar surface area (TPSA) is 42.4 Å². The molecule has 1 aromatic carbocycles. The van der Waals surface area contributed by atoms with Crippen molar-refractivity contribution >= 4 is 0 Å². The van der Waals surface area contributed by atoms with Crippen LogP contribution in [0.3, 0.4) is 0 Å². The van der Waals surface area contributed by atoms with Crippen LogP contribution in [0.1, 0.15) is 29.2 Å². The first kappa shape index (κ1) is 16.0. The zero-order valence-corrected chi connectivity index (χ0v) is 12.3. The SMILES string of the molecule is OCC1(c2cccc(C(F)(F)F)c2)OCCC1c1ccccn1. The van der Waals surface area contributed by atoms with Crippen molar-refractivity contribution in [1.82, 2.24) is 4.98 Å². The zero-order valence-electron chi connectivity index (χ0n) is 12.3. The molecule has 1 aliphatic rings. The van der Waals surface area contributed by atoms with Gasteiger partial charge in [0.05, 0.1) is 12.2 Å². The van der Waals surface area contributed by atoms with E-state index in [1.165, 1.54) is 6.07 Å². The van der Waals surface area contributed by atoms with E-state index in [9.17, 15) is 18.3 Å². The summed E-state index contributed by atoms with van der Waals surface area (Å²) >= 11 is 0. The highest BCUT2D eigenvalue weighted by atomic mass is 19.4. The van der Waals surface area contributed by atoms with E-state index >= 15 is 0 Å². The molecule has 1 aromatic heterocycles. The average Bonchev–Trinajstić information content (AvgIpc) is 3.00. The highest BCUT2D eigenvalue weighted by Crippen LogP contribution is 2.47. The fourth-order valence-electron chi connectivity index (χ4n) is 3.15. The maximum atomic E-state index is 13.0. The van der Waals surface area contributed by atoms with E-state index in [0.29, 0.717) is 24.3 Å². The molecule has 2 atom stereocenters. The maximum Gasteiger partial charge on any atom is 0.416 e. The van der Waals surface area contributed by atoms with E-state index in [1.807, 2.05) is 6.07 Å². The second kappa shape index (κ2) is 5.94. The quantitative estimate of drug-likeness (QED) is 0.940. The molecule has 1 aliphatic heterocycles. The summed E-state index contributed by atoms with van der Waals surface area (Å²) in [5.41, 5.74) is -0.923. The molecule has 0 saturated carbocycles. The van der Waals surface area contributed by atoms with Gasteiger partial charge in [-0.3, -0.25) is 4.98 Å². The summed E-state index contributed by atoms with van der Waals surface area (Å²) in [6, 6.07) is 10.4. The Bertz CT molecular complexity index is 675. The third kappa shape index (κ3) is 2.84.